The number of rotatable bonds is 1. The average molecular weight is 353 g/mol. The van der Waals surface area contributed by atoms with Crippen LogP contribution in [0.1, 0.15) is 10.5 Å². The Bertz CT molecular complexity index is 752. The topological polar surface area (TPSA) is 104 Å². The summed E-state index contributed by atoms with van der Waals surface area (Å²) in [5, 5.41) is 0. The van der Waals surface area contributed by atoms with Crippen LogP contribution in [0.5, 0.6) is 0 Å². The highest BCUT2D eigenvalue weighted by atomic mass is 32.2. The Morgan fingerprint density at radius 3 is 2.33 bits per heavy atom. The zero-order chi connectivity index (χ0) is 17.5. The molecule has 0 aromatic carbocycles. The summed E-state index contributed by atoms with van der Waals surface area (Å²) in [5.41, 5.74) is 0.174. The van der Waals surface area contributed by atoms with Crippen molar-refractivity contribution in [1.82, 2.24) is 24.7 Å². The van der Waals surface area contributed by atoms with Gasteiger partial charge in [-0.2, -0.15) is 0 Å². The van der Waals surface area contributed by atoms with Crippen molar-refractivity contribution in [1.29, 1.82) is 0 Å². The van der Waals surface area contributed by atoms with E-state index in [2.05, 4.69) is 9.97 Å². The first-order valence-electron chi connectivity index (χ1n) is 7.55. The summed E-state index contributed by atoms with van der Waals surface area (Å²) in [6.45, 7) is 0.561. The summed E-state index contributed by atoms with van der Waals surface area (Å²) in [6.07, 6.45) is 4.24. The zero-order valence-corrected chi connectivity index (χ0v) is 14.3. The lowest BCUT2D eigenvalue weighted by atomic mass is 10.0. The number of carbonyl (C=O) groups is 2. The van der Waals surface area contributed by atoms with Gasteiger partial charge >= 0.3 is 6.03 Å². The number of sulfone groups is 1. The second kappa shape index (κ2) is 6.00. The molecule has 0 radical (unpaired) electrons. The SMILES string of the molecule is CN(C)C(=O)N1CCN(C(=O)c2cnccn2)[C@H]2CS(=O)(=O)C[C@H]21. The molecule has 1 aromatic heterocycles. The maximum atomic E-state index is 12.7. The van der Waals surface area contributed by atoms with E-state index in [9.17, 15) is 18.0 Å². The van der Waals surface area contributed by atoms with E-state index in [1.165, 1.54) is 28.4 Å². The van der Waals surface area contributed by atoms with Crippen molar-refractivity contribution in [3.8, 4) is 0 Å². The highest BCUT2D eigenvalue weighted by molar-refractivity contribution is 7.91. The summed E-state index contributed by atoms with van der Waals surface area (Å²) < 4.78 is 24.2. The van der Waals surface area contributed by atoms with Gasteiger partial charge in [0.1, 0.15) is 5.69 Å². The van der Waals surface area contributed by atoms with Crippen LogP contribution in [-0.2, 0) is 9.84 Å². The fraction of sp³-hybridized carbons (Fsp3) is 0.571. The molecule has 10 heteroatoms. The Morgan fingerprint density at radius 2 is 1.75 bits per heavy atom. The maximum Gasteiger partial charge on any atom is 0.319 e. The van der Waals surface area contributed by atoms with Crippen LogP contribution >= 0.6 is 0 Å². The van der Waals surface area contributed by atoms with Crippen molar-refractivity contribution in [3.05, 3.63) is 24.3 Å². The van der Waals surface area contributed by atoms with Crippen molar-refractivity contribution in [2.24, 2.45) is 0 Å². The molecule has 2 aliphatic heterocycles. The minimum atomic E-state index is -3.31. The molecular formula is C14H19N5O4S. The molecule has 0 unspecified atom stereocenters. The van der Waals surface area contributed by atoms with Crippen LogP contribution in [0.2, 0.25) is 0 Å². The maximum absolute atomic E-state index is 12.7. The number of urea groups is 1. The normalized spacial score (nSPS) is 25.2. The quantitative estimate of drug-likeness (QED) is 0.647. The van der Waals surface area contributed by atoms with Crippen molar-refractivity contribution in [2.75, 3.05) is 38.7 Å². The first-order valence-corrected chi connectivity index (χ1v) is 9.37. The predicted octanol–water partition coefficient (Wildman–Crippen LogP) is -0.918. The molecule has 0 bridgehead atoms. The third-order valence-electron chi connectivity index (χ3n) is 4.35. The Morgan fingerprint density at radius 1 is 1.12 bits per heavy atom. The van der Waals surface area contributed by atoms with Gasteiger partial charge in [0.05, 0.1) is 29.8 Å². The number of hydrogen-bond donors (Lipinski definition) is 0. The monoisotopic (exact) mass is 353 g/mol. The number of carbonyl (C=O) groups excluding carboxylic acids is 2. The van der Waals surface area contributed by atoms with Crippen LogP contribution in [0, 0.1) is 0 Å². The summed E-state index contributed by atoms with van der Waals surface area (Å²) in [5.74, 6) is -0.616. The Balaban J connectivity index is 1.90. The number of aromatic nitrogens is 2. The Labute approximate surface area is 140 Å². The van der Waals surface area contributed by atoms with Crippen LogP contribution in [0.25, 0.3) is 0 Å². The molecule has 0 aliphatic carbocycles. The average Bonchev–Trinajstić information content (AvgIpc) is 2.88. The molecule has 0 spiro atoms. The zero-order valence-electron chi connectivity index (χ0n) is 13.5. The first kappa shape index (κ1) is 16.6. The largest absolute Gasteiger partial charge is 0.331 e. The second-order valence-electron chi connectivity index (χ2n) is 6.17. The van der Waals surface area contributed by atoms with Gasteiger partial charge in [0.2, 0.25) is 0 Å². The second-order valence-corrected chi connectivity index (χ2v) is 8.33. The lowest BCUT2D eigenvalue weighted by Crippen LogP contribution is -2.63. The van der Waals surface area contributed by atoms with Crippen molar-refractivity contribution >= 4 is 21.8 Å². The lowest BCUT2D eigenvalue weighted by Gasteiger charge is -2.44. The van der Waals surface area contributed by atoms with E-state index in [1.807, 2.05) is 0 Å². The molecule has 24 heavy (non-hydrogen) atoms. The van der Waals surface area contributed by atoms with Crippen LogP contribution in [0.15, 0.2) is 18.6 Å². The minimum Gasteiger partial charge on any atom is -0.331 e. The van der Waals surface area contributed by atoms with Crippen LogP contribution in [0.4, 0.5) is 4.79 Å². The van der Waals surface area contributed by atoms with Gasteiger partial charge < -0.3 is 14.7 Å². The van der Waals surface area contributed by atoms with Crippen molar-refractivity contribution < 1.29 is 18.0 Å². The smallest absolute Gasteiger partial charge is 0.319 e. The summed E-state index contributed by atoms with van der Waals surface area (Å²) in [4.78, 5) is 37.4. The van der Waals surface area contributed by atoms with Gasteiger partial charge in [-0.15, -0.1) is 0 Å². The molecule has 2 fully saturated rings. The molecule has 3 heterocycles. The molecular weight excluding hydrogens is 334 g/mol. The van der Waals surface area contributed by atoms with Crippen molar-refractivity contribution in [3.63, 3.8) is 0 Å². The van der Waals surface area contributed by atoms with Crippen molar-refractivity contribution in [2.45, 2.75) is 12.1 Å². The summed E-state index contributed by atoms with van der Waals surface area (Å²) in [7, 11) is -0.0661. The van der Waals surface area contributed by atoms with E-state index in [4.69, 9.17) is 0 Å². The third-order valence-corrected chi connectivity index (χ3v) is 6.05. The number of piperazine rings is 1. The highest BCUT2D eigenvalue weighted by Gasteiger charge is 2.50. The van der Waals surface area contributed by atoms with E-state index in [-0.39, 0.29) is 35.7 Å². The molecule has 2 atom stereocenters. The Kier molecular flexibility index (Phi) is 4.16. The first-order chi connectivity index (χ1) is 11.3. The Hall–Kier alpha value is -2.23. The molecule has 0 saturated carbocycles. The van der Waals surface area contributed by atoms with Gasteiger partial charge in [0.15, 0.2) is 9.84 Å². The summed E-state index contributed by atoms with van der Waals surface area (Å²) >= 11 is 0. The van der Waals surface area contributed by atoms with Gasteiger partial charge in [0, 0.05) is 39.6 Å². The molecule has 0 N–H and O–H groups in total. The molecule has 2 saturated heterocycles. The minimum absolute atomic E-state index is 0.124. The molecule has 1 aromatic rings. The number of fused-ring (bicyclic) bond motifs is 1. The fourth-order valence-corrected chi connectivity index (χ4v) is 5.24. The number of amides is 3. The summed E-state index contributed by atoms with van der Waals surface area (Å²) in [6, 6.07) is -1.32. The van der Waals surface area contributed by atoms with Gasteiger partial charge in [-0.05, 0) is 0 Å². The third kappa shape index (κ3) is 2.93. The molecule has 130 valence electrons. The standard InChI is InChI=1S/C14H19N5O4S/c1-17(2)14(21)19-6-5-18(11-8-24(22,23)9-12(11)19)13(20)10-7-15-3-4-16-10/h3-4,7,11-12H,5-6,8-9H2,1-2H3/t11-,12+/m0/s1. The number of nitrogens with zero attached hydrogens (tertiary/aromatic N) is 5. The van der Waals surface area contributed by atoms with Gasteiger partial charge in [-0.25, -0.2) is 18.2 Å². The van der Waals surface area contributed by atoms with E-state index in [0.717, 1.165) is 0 Å². The fourth-order valence-electron chi connectivity index (χ4n) is 3.26. The molecule has 3 amide bonds. The molecule has 9 nitrogen and oxygen atoms in total. The predicted molar refractivity (Wildman–Crippen MR) is 85.1 cm³/mol. The van der Waals surface area contributed by atoms with Crippen LogP contribution < -0.4 is 0 Å². The molecule has 2 aliphatic rings. The highest BCUT2D eigenvalue weighted by Crippen LogP contribution is 2.28. The lowest BCUT2D eigenvalue weighted by molar-refractivity contribution is 0.0388. The van der Waals surface area contributed by atoms with E-state index < -0.39 is 21.9 Å². The van der Waals surface area contributed by atoms with Gasteiger partial charge in [-0.1, -0.05) is 0 Å². The van der Waals surface area contributed by atoms with E-state index in [0.29, 0.717) is 6.54 Å². The van der Waals surface area contributed by atoms with Gasteiger partial charge in [0.25, 0.3) is 5.91 Å². The van der Waals surface area contributed by atoms with E-state index in [1.54, 1.807) is 19.0 Å². The van der Waals surface area contributed by atoms with Crippen LogP contribution in [0.3, 0.4) is 0 Å². The van der Waals surface area contributed by atoms with Crippen LogP contribution in [-0.4, -0.2) is 95.8 Å². The molecule has 3 rings (SSSR count). The number of hydrogen-bond acceptors (Lipinski definition) is 6. The van der Waals surface area contributed by atoms with E-state index >= 15 is 0 Å². The van der Waals surface area contributed by atoms with Gasteiger partial charge in [-0.3, -0.25) is 9.78 Å².